The van der Waals surface area contributed by atoms with E-state index in [0.717, 1.165) is 23.2 Å². The zero-order valence-electron chi connectivity index (χ0n) is 20.4. The summed E-state index contributed by atoms with van der Waals surface area (Å²) in [4.78, 5) is 27.1. The molecule has 0 radical (unpaired) electrons. The Morgan fingerprint density at radius 1 is 0.875 bits per heavy atom. The molecule has 0 bridgehead atoms. The van der Waals surface area contributed by atoms with E-state index in [9.17, 15) is 9.59 Å². The number of nitrogens with two attached hydrogens (primary N) is 1. The average molecular weight is 460 g/mol. The fourth-order valence-electron chi connectivity index (χ4n) is 3.17. The maximum absolute atomic E-state index is 13.3. The lowest BCUT2D eigenvalue weighted by molar-refractivity contribution is 0.0952. The molecule has 0 aliphatic carbocycles. The Hall–Kier alpha value is -2.37. The van der Waals surface area contributed by atoms with Crippen molar-refractivity contribution in [1.29, 1.82) is 0 Å². The highest BCUT2D eigenvalue weighted by Crippen LogP contribution is 2.31. The summed E-state index contributed by atoms with van der Waals surface area (Å²) in [5, 5.41) is 2.84. The van der Waals surface area contributed by atoms with E-state index in [2.05, 4.69) is 52.9 Å². The second-order valence-corrected chi connectivity index (χ2v) is 10.1. The number of anilines is 1. The Balaban J connectivity index is 0.00000512. The molecule has 0 unspecified atom stereocenters. The lowest BCUT2D eigenvalue weighted by Gasteiger charge is -2.27. The molecule has 0 aliphatic heterocycles. The van der Waals surface area contributed by atoms with Crippen molar-refractivity contribution in [2.75, 3.05) is 25.0 Å². The van der Waals surface area contributed by atoms with Gasteiger partial charge in [0.1, 0.15) is 0 Å². The smallest absolute Gasteiger partial charge is 0.258 e. The van der Waals surface area contributed by atoms with Crippen LogP contribution in [0.3, 0.4) is 0 Å². The average Bonchev–Trinajstić information content (AvgIpc) is 2.71. The maximum Gasteiger partial charge on any atom is 0.258 e. The summed E-state index contributed by atoms with van der Waals surface area (Å²) in [6, 6.07) is 13.3. The quantitative estimate of drug-likeness (QED) is 0.593. The third kappa shape index (κ3) is 7.07. The van der Waals surface area contributed by atoms with Gasteiger partial charge >= 0.3 is 0 Å². The van der Waals surface area contributed by atoms with Crippen molar-refractivity contribution in [3.05, 3.63) is 64.7 Å². The normalized spacial score (nSPS) is 11.5. The molecule has 2 aromatic carbocycles. The molecule has 0 aliphatic rings. The predicted molar refractivity (Wildman–Crippen MR) is 136 cm³/mol. The summed E-state index contributed by atoms with van der Waals surface area (Å²) in [5.41, 5.74) is 9.59. The molecule has 0 fully saturated rings. The molecule has 2 amide bonds. The van der Waals surface area contributed by atoms with Crippen molar-refractivity contribution in [2.24, 2.45) is 5.73 Å². The van der Waals surface area contributed by atoms with Crippen LogP contribution in [0.25, 0.3) is 0 Å². The van der Waals surface area contributed by atoms with Crippen LogP contribution in [-0.2, 0) is 10.8 Å². The van der Waals surface area contributed by atoms with Crippen LogP contribution < -0.4 is 16.0 Å². The molecule has 0 aromatic heterocycles. The fraction of sp³-hybridized carbons (Fsp3) is 0.462. The van der Waals surface area contributed by atoms with Gasteiger partial charge in [-0.2, -0.15) is 0 Å². The summed E-state index contributed by atoms with van der Waals surface area (Å²) in [6.45, 7) is 14.0. The van der Waals surface area contributed by atoms with Gasteiger partial charge in [-0.1, -0.05) is 47.6 Å². The Kier molecular flexibility index (Phi) is 9.49. The second kappa shape index (κ2) is 11.0. The highest BCUT2D eigenvalue weighted by molar-refractivity contribution is 6.06. The SMILES string of the molecule is CN(C(=O)c1cc(C(C)(C)C)cc(C(C)(C)C)c1)c1ccc(C(=O)NCCCN)cc1.Cl. The lowest BCUT2D eigenvalue weighted by atomic mass is 9.79. The second-order valence-electron chi connectivity index (χ2n) is 10.1. The van der Waals surface area contributed by atoms with Gasteiger partial charge in [-0.3, -0.25) is 9.59 Å². The first-order chi connectivity index (χ1) is 14.3. The van der Waals surface area contributed by atoms with Crippen LogP contribution in [-0.4, -0.2) is 32.0 Å². The minimum absolute atomic E-state index is 0. The summed E-state index contributed by atoms with van der Waals surface area (Å²) in [6.07, 6.45) is 0.741. The summed E-state index contributed by atoms with van der Waals surface area (Å²) in [5.74, 6) is -0.210. The van der Waals surface area contributed by atoms with Crippen LogP contribution in [0, 0.1) is 0 Å². The molecule has 2 rings (SSSR count). The molecular formula is C26H38ClN3O2. The van der Waals surface area contributed by atoms with Gasteiger partial charge < -0.3 is 16.0 Å². The minimum atomic E-state index is -0.137. The number of rotatable bonds is 6. The molecule has 0 saturated heterocycles. The summed E-state index contributed by atoms with van der Waals surface area (Å²) < 4.78 is 0. The number of nitrogens with zero attached hydrogens (tertiary/aromatic N) is 1. The number of halogens is 1. The number of carbonyl (C=O) groups excluding carboxylic acids is 2. The molecule has 176 valence electrons. The first-order valence-corrected chi connectivity index (χ1v) is 10.9. The van der Waals surface area contributed by atoms with Crippen LogP contribution in [0.15, 0.2) is 42.5 Å². The molecule has 3 N–H and O–H groups in total. The summed E-state index contributed by atoms with van der Waals surface area (Å²) >= 11 is 0. The number of nitrogens with one attached hydrogen (secondary N) is 1. The molecule has 0 spiro atoms. The molecule has 6 heteroatoms. The third-order valence-electron chi connectivity index (χ3n) is 5.40. The first-order valence-electron chi connectivity index (χ1n) is 10.9. The Bertz CT molecular complexity index is 893. The van der Waals surface area contributed by atoms with E-state index in [0.29, 0.717) is 24.2 Å². The number of amides is 2. The number of hydrogen-bond acceptors (Lipinski definition) is 3. The molecule has 0 heterocycles. The topological polar surface area (TPSA) is 75.4 Å². The van der Waals surface area contributed by atoms with Crippen molar-refractivity contribution < 1.29 is 9.59 Å². The van der Waals surface area contributed by atoms with Crippen LogP contribution in [0.1, 0.15) is 79.8 Å². The van der Waals surface area contributed by atoms with Crippen LogP contribution in [0.5, 0.6) is 0 Å². The van der Waals surface area contributed by atoms with Crippen molar-refractivity contribution in [3.8, 4) is 0 Å². The molecule has 5 nitrogen and oxygen atoms in total. The fourth-order valence-corrected chi connectivity index (χ4v) is 3.17. The third-order valence-corrected chi connectivity index (χ3v) is 5.40. The van der Waals surface area contributed by atoms with Gasteiger partial charge in [-0.25, -0.2) is 0 Å². The zero-order chi connectivity index (χ0) is 23.4. The predicted octanol–water partition coefficient (Wildman–Crippen LogP) is 5.06. The number of benzene rings is 2. The Morgan fingerprint density at radius 2 is 1.38 bits per heavy atom. The van der Waals surface area contributed by atoms with E-state index < -0.39 is 0 Å². The zero-order valence-corrected chi connectivity index (χ0v) is 21.2. The van der Waals surface area contributed by atoms with Gasteiger partial charge in [0.2, 0.25) is 0 Å². The Morgan fingerprint density at radius 3 is 1.81 bits per heavy atom. The van der Waals surface area contributed by atoms with E-state index in [1.165, 1.54) is 0 Å². The monoisotopic (exact) mass is 459 g/mol. The van der Waals surface area contributed by atoms with E-state index >= 15 is 0 Å². The van der Waals surface area contributed by atoms with E-state index in [1.807, 2.05) is 12.1 Å². The Labute approximate surface area is 199 Å². The largest absolute Gasteiger partial charge is 0.352 e. The lowest BCUT2D eigenvalue weighted by Crippen LogP contribution is -2.28. The van der Waals surface area contributed by atoms with Crippen LogP contribution >= 0.6 is 12.4 Å². The first kappa shape index (κ1) is 27.7. The van der Waals surface area contributed by atoms with Crippen molar-refractivity contribution in [2.45, 2.75) is 58.8 Å². The van der Waals surface area contributed by atoms with Gasteiger partial charge in [0.05, 0.1) is 0 Å². The van der Waals surface area contributed by atoms with E-state index in [-0.39, 0.29) is 35.1 Å². The van der Waals surface area contributed by atoms with Crippen molar-refractivity contribution >= 4 is 29.9 Å². The van der Waals surface area contributed by atoms with Gasteiger partial charge in [-0.05, 0) is 71.3 Å². The number of carbonyl (C=O) groups is 2. The van der Waals surface area contributed by atoms with Gasteiger partial charge in [-0.15, -0.1) is 12.4 Å². The van der Waals surface area contributed by atoms with Gasteiger partial charge in [0.15, 0.2) is 0 Å². The minimum Gasteiger partial charge on any atom is -0.352 e. The highest BCUT2D eigenvalue weighted by atomic mass is 35.5. The van der Waals surface area contributed by atoms with Gasteiger partial charge in [0.25, 0.3) is 11.8 Å². The molecule has 32 heavy (non-hydrogen) atoms. The van der Waals surface area contributed by atoms with Gasteiger partial charge in [0, 0.05) is 30.4 Å². The van der Waals surface area contributed by atoms with Crippen LogP contribution in [0.4, 0.5) is 5.69 Å². The molecule has 2 aromatic rings. The highest BCUT2D eigenvalue weighted by Gasteiger charge is 2.23. The van der Waals surface area contributed by atoms with E-state index in [1.54, 1.807) is 36.2 Å². The summed E-state index contributed by atoms with van der Waals surface area (Å²) in [7, 11) is 1.76. The molecule has 0 atom stereocenters. The standard InChI is InChI=1S/C26H37N3O2.ClH/c1-25(2,3)20-15-19(16-21(17-20)26(4,5)6)24(31)29(7)22-11-9-18(10-12-22)23(30)28-14-8-13-27;/h9-12,15-17H,8,13-14,27H2,1-7H3,(H,28,30);1H. The van der Waals surface area contributed by atoms with Crippen LogP contribution in [0.2, 0.25) is 0 Å². The van der Waals surface area contributed by atoms with Crippen molar-refractivity contribution in [1.82, 2.24) is 5.32 Å². The van der Waals surface area contributed by atoms with E-state index in [4.69, 9.17) is 5.73 Å². The molecular weight excluding hydrogens is 422 g/mol. The molecule has 0 saturated carbocycles. The van der Waals surface area contributed by atoms with Crippen molar-refractivity contribution in [3.63, 3.8) is 0 Å². The number of hydrogen-bond donors (Lipinski definition) is 2. The maximum atomic E-state index is 13.3.